The van der Waals surface area contributed by atoms with E-state index in [1.165, 1.54) is 3.97 Å². The highest BCUT2D eigenvalue weighted by Gasteiger charge is 2.34. The van der Waals surface area contributed by atoms with Gasteiger partial charge in [-0.05, 0) is 62.6 Å². The van der Waals surface area contributed by atoms with E-state index in [1.807, 2.05) is 31.2 Å². The van der Waals surface area contributed by atoms with Crippen LogP contribution in [0.25, 0.3) is 22.0 Å². The second kappa shape index (κ2) is 9.37. The first-order valence-corrected chi connectivity index (χ1v) is 14.2. The van der Waals surface area contributed by atoms with Crippen LogP contribution in [0.5, 0.6) is 5.75 Å². The predicted octanol–water partition coefficient (Wildman–Crippen LogP) is 3.92. The summed E-state index contributed by atoms with van der Waals surface area (Å²) in [7, 11) is -3.98. The van der Waals surface area contributed by atoms with Crippen molar-refractivity contribution >= 4 is 32.6 Å². The molecule has 2 unspecified atom stereocenters. The Morgan fingerprint density at radius 2 is 1.95 bits per heavy atom. The molecule has 0 aliphatic carbocycles. The number of nitrogens with zero attached hydrogens (tertiary/aromatic N) is 3. The van der Waals surface area contributed by atoms with E-state index in [0.717, 1.165) is 41.3 Å². The molecule has 0 radical (unpaired) electrons. The molecule has 4 heterocycles. The molecular formula is C28H30N6O4S. The number of nitrogens with two attached hydrogens (primary N) is 2. The lowest BCUT2D eigenvalue weighted by Crippen LogP contribution is -2.48. The molecule has 0 amide bonds. The van der Waals surface area contributed by atoms with Crippen molar-refractivity contribution in [2.75, 3.05) is 11.9 Å². The van der Waals surface area contributed by atoms with Gasteiger partial charge in [0.2, 0.25) is 0 Å². The number of rotatable bonds is 5. The van der Waals surface area contributed by atoms with Gasteiger partial charge >= 0.3 is 0 Å². The second-order valence-electron chi connectivity index (χ2n) is 10.1. The summed E-state index contributed by atoms with van der Waals surface area (Å²) in [6.45, 7) is 4.21. The Hall–Kier alpha value is -3.93. The minimum atomic E-state index is -3.98. The van der Waals surface area contributed by atoms with Gasteiger partial charge in [-0.1, -0.05) is 23.8 Å². The van der Waals surface area contributed by atoms with E-state index in [1.54, 1.807) is 43.6 Å². The third-order valence-corrected chi connectivity index (χ3v) is 8.58. The summed E-state index contributed by atoms with van der Waals surface area (Å²) in [4.78, 5) is 9.05. The Balaban J connectivity index is 1.47. The number of aryl methyl sites for hydroxylation is 1. The molecule has 5 N–H and O–H groups in total. The van der Waals surface area contributed by atoms with Gasteiger partial charge in [0.25, 0.3) is 10.0 Å². The van der Waals surface area contributed by atoms with E-state index in [2.05, 4.69) is 15.3 Å². The number of anilines is 1. The van der Waals surface area contributed by atoms with Crippen LogP contribution in [-0.4, -0.2) is 41.9 Å². The van der Waals surface area contributed by atoms with E-state index >= 15 is 0 Å². The normalized spacial score (nSPS) is 21.2. The van der Waals surface area contributed by atoms with Gasteiger partial charge in [-0.3, -0.25) is 10.7 Å². The van der Waals surface area contributed by atoms with Gasteiger partial charge in [-0.25, -0.2) is 17.4 Å². The Kier molecular flexibility index (Phi) is 6.09. The maximum atomic E-state index is 13.8. The first-order valence-electron chi connectivity index (χ1n) is 12.8. The Morgan fingerprint density at radius 3 is 2.69 bits per heavy atom. The van der Waals surface area contributed by atoms with Gasteiger partial charge in [0, 0.05) is 23.6 Å². The minimum absolute atomic E-state index is 0.145. The lowest BCUT2D eigenvalue weighted by atomic mass is 10.0. The molecule has 2 aliphatic heterocycles. The lowest BCUT2D eigenvalue weighted by Gasteiger charge is -2.29. The molecule has 0 spiro atoms. The van der Waals surface area contributed by atoms with Crippen molar-refractivity contribution in [2.24, 2.45) is 16.5 Å². The Labute approximate surface area is 226 Å². The van der Waals surface area contributed by atoms with Crippen molar-refractivity contribution in [3.8, 4) is 16.9 Å². The molecule has 2 aromatic carbocycles. The van der Waals surface area contributed by atoms with Crippen molar-refractivity contribution in [3.05, 3.63) is 72.1 Å². The number of ether oxygens (including phenoxy) is 2. The Morgan fingerprint density at radius 1 is 1.15 bits per heavy atom. The summed E-state index contributed by atoms with van der Waals surface area (Å²) in [5.41, 5.74) is 16.2. The highest BCUT2D eigenvalue weighted by atomic mass is 32.2. The number of aromatic nitrogens is 2. The molecule has 0 bridgehead atoms. The van der Waals surface area contributed by atoms with E-state index in [0.29, 0.717) is 23.5 Å². The third-order valence-electron chi connectivity index (χ3n) is 6.90. The summed E-state index contributed by atoms with van der Waals surface area (Å²) < 4.78 is 40.5. The van der Waals surface area contributed by atoms with Crippen LogP contribution in [0.3, 0.4) is 0 Å². The van der Waals surface area contributed by atoms with Crippen molar-refractivity contribution in [3.63, 3.8) is 0 Å². The van der Waals surface area contributed by atoms with E-state index in [-0.39, 0.29) is 22.8 Å². The smallest absolute Gasteiger partial charge is 0.269 e. The predicted molar refractivity (Wildman–Crippen MR) is 150 cm³/mol. The number of benzene rings is 2. The number of aliphatic imine (C=N–C) groups is 1. The monoisotopic (exact) mass is 546 g/mol. The van der Waals surface area contributed by atoms with Crippen LogP contribution in [-0.2, 0) is 14.8 Å². The number of nitrogens with one attached hydrogen (secondary N) is 1. The highest BCUT2D eigenvalue weighted by molar-refractivity contribution is 7.90. The van der Waals surface area contributed by atoms with Crippen LogP contribution < -0.4 is 21.5 Å². The average Bonchev–Trinajstić information content (AvgIpc) is 3.29. The van der Waals surface area contributed by atoms with E-state index in [9.17, 15) is 8.42 Å². The summed E-state index contributed by atoms with van der Waals surface area (Å²) in [6, 6.07) is 14.3. The third kappa shape index (κ3) is 4.73. The minimum Gasteiger partial charge on any atom is -0.463 e. The van der Waals surface area contributed by atoms with E-state index < -0.39 is 15.8 Å². The highest BCUT2D eigenvalue weighted by Crippen LogP contribution is 2.38. The molecule has 11 heteroatoms. The number of hydrogen-bond acceptors (Lipinski definition) is 9. The van der Waals surface area contributed by atoms with Crippen LogP contribution >= 0.6 is 0 Å². The van der Waals surface area contributed by atoms with Gasteiger partial charge in [-0.15, -0.1) is 0 Å². The molecule has 39 heavy (non-hydrogen) atoms. The van der Waals surface area contributed by atoms with Crippen LogP contribution in [0, 0.1) is 6.92 Å². The maximum Gasteiger partial charge on any atom is 0.269 e. The van der Waals surface area contributed by atoms with Crippen LogP contribution in [0.15, 0.2) is 70.8 Å². The Bertz CT molecular complexity index is 1700. The molecule has 2 aromatic heterocycles. The maximum absolute atomic E-state index is 13.8. The number of pyridine rings is 1. The van der Waals surface area contributed by atoms with Crippen LogP contribution in [0.1, 0.15) is 37.3 Å². The summed E-state index contributed by atoms with van der Waals surface area (Å²) in [5.74, 6) is -0.275. The molecule has 202 valence electrons. The van der Waals surface area contributed by atoms with Crippen molar-refractivity contribution in [1.82, 2.24) is 8.96 Å². The zero-order valence-corrected chi connectivity index (χ0v) is 22.5. The number of hydrogen-bond donors (Lipinski definition) is 3. The SMILES string of the molecule is Cc1ccc(S(=O)(=O)n2cc(-c3ccc4ncc(OC5CCCCO5)cc4c3)c3c2NC(C)(N)N=C3N)cc1. The zero-order valence-electron chi connectivity index (χ0n) is 21.7. The van der Waals surface area contributed by atoms with Crippen LogP contribution in [0.2, 0.25) is 0 Å². The summed E-state index contributed by atoms with van der Waals surface area (Å²) in [6.07, 6.45) is 5.88. The second-order valence-corrected chi connectivity index (χ2v) is 12.0. The molecule has 1 fully saturated rings. The van der Waals surface area contributed by atoms with Crippen LogP contribution in [0.4, 0.5) is 5.82 Å². The van der Waals surface area contributed by atoms with Crippen molar-refractivity contribution < 1.29 is 17.9 Å². The molecule has 6 rings (SSSR count). The summed E-state index contributed by atoms with van der Waals surface area (Å²) in [5, 5.41) is 3.88. The average molecular weight is 547 g/mol. The standard InChI is InChI=1S/C28H30N6O4S/c1-17-6-9-21(10-7-17)39(35,36)34-16-22(25-26(29)32-28(2,30)33-27(25)34)18-8-11-23-19(13-18)14-20(15-31-23)38-24-5-3-4-12-37-24/h6-11,13-16,24,33H,3-5,12,30H2,1-2H3,(H2,29,32). The van der Waals surface area contributed by atoms with Gasteiger partial charge in [0.05, 0.1) is 28.8 Å². The molecule has 4 aromatic rings. The lowest BCUT2D eigenvalue weighted by molar-refractivity contribution is -0.105. The van der Waals surface area contributed by atoms with E-state index in [4.69, 9.17) is 20.9 Å². The largest absolute Gasteiger partial charge is 0.463 e. The van der Waals surface area contributed by atoms with Gasteiger partial charge in [-0.2, -0.15) is 0 Å². The zero-order chi connectivity index (χ0) is 27.4. The molecule has 2 aliphatic rings. The van der Waals surface area contributed by atoms with Crippen molar-refractivity contribution in [2.45, 2.75) is 50.1 Å². The van der Waals surface area contributed by atoms with Gasteiger partial charge in [0.1, 0.15) is 17.4 Å². The fourth-order valence-corrected chi connectivity index (χ4v) is 6.29. The quantitative estimate of drug-likeness (QED) is 0.341. The van der Waals surface area contributed by atoms with Gasteiger partial charge in [0.15, 0.2) is 12.1 Å². The topological polar surface area (TPSA) is 147 Å². The molecule has 1 saturated heterocycles. The molecule has 0 saturated carbocycles. The first kappa shape index (κ1) is 25.4. The summed E-state index contributed by atoms with van der Waals surface area (Å²) >= 11 is 0. The first-order chi connectivity index (χ1) is 18.6. The van der Waals surface area contributed by atoms with Gasteiger partial charge < -0.3 is 20.5 Å². The molecular weight excluding hydrogens is 516 g/mol. The molecule has 2 atom stereocenters. The van der Waals surface area contributed by atoms with Crippen molar-refractivity contribution in [1.29, 1.82) is 0 Å². The fraction of sp³-hybridized carbons (Fsp3) is 0.286. The fourth-order valence-electron chi connectivity index (χ4n) is 4.97. The number of amidine groups is 1. The number of fused-ring (bicyclic) bond motifs is 2. The molecule has 10 nitrogen and oxygen atoms in total.